The molecule has 98 valence electrons. The van der Waals surface area contributed by atoms with Crippen molar-refractivity contribution in [2.45, 2.75) is 18.9 Å². The van der Waals surface area contributed by atoms with Crippen LogP contribution in [-0.4, -0.2) is 9.55 Å². The largest absolute Gasteiger partial charge is 0.433 e. The average Bonchev–Trinajstić information content (AvgIpc) is 3.19. The molecule has 1 aromatic carbocycles. The van der Waals surface area contributed by atoms with E-state index in [0.717, 1.165) is 12.8 Å². The van der Waals surface area contributed by atoms with Crippen LogP contribution in [-0.2, 0) is 0 Å². The molecule has 0 spiro atoms. The molecule has 4 nitrogen and oxygen atoms in total. The summed E-state index contributed by atoms with van der Waals surface area (Å²) in [6.07, 6.45) is 5.20. The Morgan fingerprint density at radius 1 is 1.42 bits per heavy atom. The summed E-state index contributed by atoms with van der Waals surface area (Å²) in [5.41, 5.74) is -0.263. The van der Waals surface area contributed by atoms with Crippen molar-refractivity contribution in [3.8, 4) is 11.6 Å². The van der Waals surface area contributed by atoms with Crippen molar-refractivity contribution in [2.75, 3.05) is 0 Å². The predicted octanol–water partition coefficient (Wildman–Crippen LogP) is 3.27. The quantitative estimate of drug-likeness (QED) is 0.870. The third-order valence-electron chi connectivity index (χ3n) is 2.88. The number of ether oxygens (including phenoxy) is 1. The molecule has 0 bridgehead atoms. The van der Waals surface area contributed by atoms with E-state index in [-0.39, 0.29) is 23.3 Å². The first-order chi connectivity index (χ1) is 9.15. The van der Waals surface area contributed by atoms with Crippen LogP contribution in [0, 0.1) is 5.82 Å². The van der Waals surface area contributed by atoms with E-state index in [0.29, 0.717) is 10.2 Å². The van der Waals surface area contributed by atoms with Crippen molar-refractivity contribution in [2.24, 2.45) is 0 Å². The van der Waals surface area contributed by atoms with Crippen molar-refractivity contribution >= 4 is 15.9 Å². The van der Waals surface area contributed by atoms with Gasteiger partial charge in [0.2, 0.25) is 0 Å². The standard InChI is InChI=1S/C13H10BrFN2O2/c14-10-7-8(15)1-4-11(10)19-12-13(18)17(6-5-16-12)9-2-3-9/h1,4-7,9H,2-3H2. The molecule has 0 radical (unpaired) electrons. The van der Waals surface area contributed by atoms with Gasteiger partial charge in [0.25, 0.3) is 5.88 Å². The molecule has 1 aliphatic rings. The minimum atomic E-state index is -0.379. The van der Waals surface area contributed by atoms with E-state index >= 15 is 0 Å². The number of benzene rings is 1. The van der Waals surface area contributed by atoms with Gasteiger partial charge in [-0.1, -0.05) is 0 Å². The van der Waals surface area contributed by atoms with E-state index in [1.807, 2.05) is 0 Å². The number of nitrogens with zero attached hydrogens (tertiary/aromatic N) is 2. The van der Waals surface area contributed by atoms with Gasteiger partial charge in [0, 0.05) is 18.4 Å². The molecule has 1 heterocycles. The molecule has 0 N–H and O–H groups in total. The summed E-state index contributed by atoms with van der Waals surface area (Å²) in [5.74, 6) is -0.0168. The van der Waals surface area contributed by atoms with Crippen LogP contribution in [0.5, 0.6) is 11.6 Å². The number of halogens is 2. The Bertz CT molecular complexity index is 683. The van der Waals surface area contributed by atoms with E-state index in [2.05, 4.69) is 20.9 Å². The lowest BCUT2D eigenvalue weighted by molar-refractivity contribution is 0.440. The maximum absolute atomic E-state index is 13.0. The summed E-state index contributed by atoms with van der Waals surface area (Å²) in [5, 5.41) is 0. The lowest BCUT2D eigenvalue weighted by atomic mass is 10.3. The van der Waals surface area contributed by atoms with Crippen molar-refractivity contribution < 1.29 is 9.13 Å². The van der Waals surface area contributed by atoms with Gasteiger partial charge in [0.15, 0.2) is 0 Å². The topological polar surface area (TPSA) is 44.1 Å². The van der Waals surface area contributed by atoms with E-state index in [1.54, 1.807) is 10.8 Å². The van der Waals surface area contributed by atoms with Crippen LogP contribution in [0.2, 0.25) is 0 Å². The first kappa shape index (κ1) is 12.3. The third-order valence-corrected chi connectivity index (χ3v) is 3.50. The molecule has 0 unspecified atom stereocenters. The molecule has 1 aromatic heterocycles. The van der Waals surface area contributed by atoms with Gasteiger partial charge in [-0.15, -0.1) is 0 Å². The number of hydrogen-bond donors (Lipinski definition) is 0. The van der Waals surface area contributed by atoms with Gasteiger partial charge in [-0.3, -0.25) is 4.79 Å². The fourth-order valence-corrected chi connectivity index (χ4v) is 2.21. The summed E-state index contributed by atoms with van der Waals surface area (Å²) in [6, 6.07) is 4.25. The highest BCUT2D eigenvalue weighted by Crippen LogP contribution is 2.34. The Labute approximate surface area is 117 Å². The fraction of sp³-hybridized carbons (Fsp3) is 0.231. The van der Waals surface area contributed by atoms with Crippen LogP contribution >= 0.6 is 15.9 Å². The monoisotopic (exact) mass is 324 g/mol. The van der Waals surface area contributed by atoms with Gasteiger partial charge in [-0.2, -0.15) is 0 Å². The van der Waals surface area contributed by atoms with Crippen molar-refractivity contribution in [1.82, 2.24) is 9.55 Å². The molecule has 1 aliphatic carbocycles. The second-order valence-electron chi connectivity index (χ2n) is 4.35. The molecule has 0 amide bonds. The van der Waals surface area contributed by atoms with Crippen molar-refractivity contribution in [1.29, 1.82) is 0 Å². The Balaban J connectivity index is 1.95. The second kappa shape index (κ2) is 4.77. The van der Waals surface area contributed by atoms with Crippen molar-refractivity contribution in [3.63, 3.8) is 0 Å². The van der Waals surface area contributed by atoms with E-state index in [1.165, 1.54) is 24.4 Å². The summed E-state index contributed by atoms with van der Waals surface area (Å²) in [7, 11) is 0. The van der Waals surface area contributed by atoms with Gasteiger partial charge < -0.3 is 9.30 Å². The highest BCUT2D eigenvalue weighted by Gasteiger charge is 2.25. The normalized spacial score (nSPS) is 14.4. The number of hydrogen-bond acceptors (Lipinski definition) is 3. The summed E-state index contributed by atoms with van der Waals surface area (Å²) < 4.78 is 20.5. The Hall–Kier alpha value is -1.69. The predicted molar refractivity (Wildman–Crippen MR) is 70.9 cm³/mol. The van der Waals surface area contributed by atoms with Crippen LogP contribution in [0.1, 0.15) is 18.9 Å². The molecule has 6 heteroatoms. The molecule has 0 saturated heterocycles. The maximum Gasteiger partial charge on any atom is 0.313 e. The highest BCUT2D eigenvalue weighted by molar-refractivity contribution is 9.10. The molecule has 0 atom stereocenters. The van der Waals surface area contributed by atoms with Gasteiger partial charge >= 0.3 is 5.56 Å². The average molecular weight is 325 g/mol. The lowest BCUT2D eigenvalue weighted by Crippen LogP contribution is -2.20. The molecule has 1 saturated carbocycles. The van der Waals surface area contributed by atoms with E-state index < -0.39 is 0 Å². The lowest BCUT2D eigenvalue weighted by Gasteiger charge is -2.08. The zero-order chi connectivity index (χ0) is 13.4. The first-order valence-electron chi connectivity index (χ1n) is 5.85. The fourth-order valence-electron chi connectivity index (χ4n) is 1.78. The molecule has 0 aliphatic heterocycles. The maximum atomic E-state index is 13.0. The number of rotatable bonds is 3. The van der Waals surface area contributed by atoms with Gasteiger partial charge in [-0.05, 0) is 47.0 Å². The SMILES string of the molecule is O=c1c(Oc2ccc(F)cc2Br)nccn1C1CC1. The molecular formula is C13H10BrFN2O2. The summed E-state index contributed by atoms with van der Waals surface area (Å²) in [6.45, 7) is 0. The van der Waals surface area contributed by atoms with Crippen molar-refractivity contribution in [3.05, 3.63) is 51.2 Å². The summed E-state index contributed by atoms with van der Waals surface area (Å²) >= 11 is 3.19. The van der Waals surface area contributed by atoms with Gasteiger partial charge in [0.05, 0.1) is 4.47 Å². The van der Waals surface area contributed by atoms with Crippen LogP contribution in [0.4, 0.5) is 4.39 Å². The summed E-state index contributed by atoms with van der Waals surface area (Å²) in [4.78, 5) is 16.1. The minimum absolute atomic E-state index is 0.00158. The van der Waals surface area contributed by atoms with Gasteiger partial charge in [0.1, 0.15) is 11.6 Å². The molecular weight excluding hydrogens is 315 g/mol. The van der Waals surface area contributed by atoms with Gasteiger partial charge in [-0.25, -0.2) is 9.37 Å². The minimum Gasteiger partial charge on any atom is -0.433 e. The zero-order valence-corrected chi connectivity index (χ0v) is 11.4. The van der Waals surface area contributed by atoms with E-state index in [4.69, 9.17) is 4.74 Å². The molecule has 3 rings (SSSR count). The third kappa shape index (κ3) is 2.53. The molecule has 2 aromatic rings. The van der Waals surface area contributed by atoms with E-state index in [9.17, 15) is 9.18 Å². The highest BCUT2D eigenvalue weighted by atomic mass is 79.9. The number of aromatic nitrogens is 2. The Kier molecular flexibility index (Phi) is 3.10. The smallest absolute Gasteiger partial charge is 0.313 e. The Morgan fingerprint density at radius 2 is 2.21 bits per heavy atom. The van der Waals surface area contributed by atoms with Crippen LogP contribution in [0.25, 0.3) is 0 Å². The molecule has 1 fully saturated rings. The first-order valence-corrected chi connectivity index (χ1v) is 6.64. The van der Waals surface area contributed by atoms with Crippen LogP contribution < -0.4 is 10.3 Å². The zero-order valence-electron chi connectivity index (χ0n) is 9.85. The molecule has 19 heavy (non-hydrogen) atoms. The Morgan fingerprint density at radius 3 is 2.89 bits per heavy atom. The van der Waals surface area contributed by atoms with Crippen LogP contribution in [0.3, 0.4) is 0 Å². The van der Waals surface area contributed by atoms with Crippen LogP contribution in [0.15, 0.2) is 39.9 Å². The second-order valence-corrected chi connectivity index (χ2v) is 5.21.